The van der Waals surface area contributed by atoms with Crippen molar-refractivity contribution in [1.29, 1.82) is 0 Å². The number of carbonyl (C=O) groups excluding carboxylic acids is 1. The van der Waals surface area contributed by atoms with Gasteiger partial charge in [-0.15, -0.1) is 11.3 Å². The van der Waals surface area contributed by atoms with Gasteiger partial charge < -0.3 is 14.7 Å². The molecule has 0 spiro atoms. The van der Waals surface area contributed by atoms with Gasteiger partial charge in [-0.3, -0.25) is 4.79 Å². The molecule has 170 valence electrons. The lowest BCUT2D eigenvalue weighted by Gasteiger charge is -2.36. The summed E-state index contributed by atoms with van der Waals surface area (Å²) in [6, 6.07) is 10.9. The number of amides is 1. The van der Waals surface area contributed by atoms with E-state index in [2.05, 4.69) is 4.98 Å². The molecule has 3 aromatic rings. The van der Waals surface area contributed by atoms with Crippen LogP contribution in [0.15, 0.2) is 48.0 Å². The molecule has 1 amide bonds. The first-order chi connectivity index (χ1) is 15.9. The molecule has 1 aliphatic heterocycles. The van der Waals surface area contributed by atoms with Crippen LogP contribution in [-0.2, 0) is 16.0 Å². The lowest BCUT2D eigenvalue weighted by atomic mass is 9.95. The van der Waals surface area contributed by atoms with Gasteiger partial charge in [0.2, 0.25) is 5.91 Å². The van der Waals surface area contributed by atoms with Crippen molar-refractivity contribution in [3.05, 3.63) is 80.5 Å². The van der Waals surface area contributed by atoms with Gasteiger partial charge in [-0.2, -0.15) is 0 Å². The number of hydrogen-bond acceptors (Lipinski definition) is 5. The van der Waals surface area contributed by atoms with Crippen LogP contribution >= 0.6 is 22.9 Å². The maximum atomic E-state index is 13.7. The molecule has 33 heavy (non-hydrogen) atoms. The molecule has 0 radical (unpaired) electrons. The Bertz CT molecular complexity index is 1230. The van der Waals surface area contributed by atoms with E-state index in [1.54, 1.807) is 29.8 Å². The normalized spacial score (nSPS) is 21.4. The van der Waals surface area contributed by atoms with Gasteiger partial charge in [-0.25, -0.2) is 14.2 Å². The molecule has 9 heteroatoms. The summed E-state index contributed by atoms with van der Waals surface area (Å²) in [5.41, 5.74) is 4.12. The van der Waals surface area contributed by atoms with Gasteiger partial charge in [0.15, 0.2) is 6.61 Å². The van der Waals surface area contributed by atoms with E-state index in [4.69, 9.17) is 21.4 Å². The topological polar surface area (TPSA) is 79.7 Å². The number of carboxylic acid groups (broad SMARTS) is 1. The fourth-order valence-corrected chi connectivity index (χ4v) is 5.67. The van der Waals surface area contributed by atoms with Crippen molar-refractivity contribution in [2.75, 3.05) is 13.2 Å². The molecule has 1 aliphatic carbocycles. The van der Waals surface area contributed by atoms with Gasteiger partial charge in [0.1, 0.15) is 11.6 Å². The Morgan fingerprint density at radius 2 is 2.12 bits per heavy atom. The number of ether oxygens (including phenoxy) is 1. The first-order valence-electron chi connectivity index (χ1n) is 10.5. The van der Waals surface area contributed by atoms with E-state index in [9.17, 15) is 14.0 Å². The Balaban J connectivity index is 1.49. The van der Waals surface area contributed by atoms with E-state index in [1.165, 1.54) is 23.5 Å². The molecule has 2 aromatic carbocycles. The third-order valence-corrected chi connectivity index (χ3v) is 7.27. The molecule has 1 fully saturated rings. The molecular formula is C24H20ClFN2O4S. The number of carboxylic acids is 1. The van der Waals surface area contributed by atoms with Crippen molar-refractivity contribution in [3.8, 4) is 5.75 Å². The Morgan fingerprint density at radius 3 is 2.91 bits per heavy atom. The van der Waals surface area contributed by atoms with Gasteiger partial charge in [-0.05, 0) is 48.2 Å². The average molecular weight is 487 g/mol. The third kappa shape index (κ3) is 4.32. The van der Waals surface area contributed by atoms with Gasteiger partial charge in [0.05, 0.1) is 22.1 Å². The summed E-state index contributed by atoms with van der Waals surface area (Å²) in [5, 5.41) is 9.54. The van der Waals surface area contributed by atoms with Crippen molar-refractivity contribution in [3.63, 3.8) is 0 Å². The fourth-order valence-electron chi connectivity index (χ4n) is 4.52. The minimum atomic E-state index is -1.10. The number of carbonyl (C=O) groups is 2. The second kappa shape index (κ2) is 8.76. The number of hydrogen-bond donors (Lipinski definition) is 1. The summed E-state index contributed by atoms with van der Waals surface area (Å²) < 4.78 is 19.2. The maximum absolute atomic E-state index is 13.7. The molecule has 3 atom stereocenters. The van der Waals surface area contributed by atoms with Crippen LogP contribution in [0.2, 0.25) is 5.02 Å². The van der Waals surface area contributed by atoms with Crippen LogP contribution in [0, 0.1) is 11.7 Å². The zero-order valence-electron chi connectivity index (χ0n) is 17.4. The third-order valence-electron chi connectivity index (χ3n) is 6.11. The summed E-state index contributed by atoms with van der Waals surface area (Å²) in [4.78, 5) is 31.9. The molecule has 0 unspecified atom stereocenters. The summed E-state index contributed by atoms with van der Waals surface area (Å²) in [6.07, 6.45) is 1.29. The van der Waals surface area contributed by atoms with Crippen molar-refractivity contribution >= 4 is 34.8 Å². The second-order valence-electron chi connectivity index (χ2n) is 8.22. The molecular weight excluding hydrogens is 467 g/mol. The number of aliphatic carboxylic acids is 1. The summed E-state index contributed by atoms with van der Waals surface area (Å²) in [7, 11) is 0. The van der Waals surface area contributed by atoms with Crippen LogP contribution < -0.4 is 4.74 Å². The van der Waals surface area contributed by atoms with Crippen molar-refractivity contribution in [1.82, 2.24) is 9.88 Å². The minimum Gasteiger partial charge on any atom is -0.482 e. The molecule has 6 nitrogen and oxygen atoms in total. The van der Waals surface area contributed by atoms with Gasteiger partial charge in [0, 0.05) is 29.5 Å². The lowest BCUT2D eigenvalue weighted by Crippen LogP contribution is -2.41. The highest BCUT2D eigenvalue weighted by atomic mass is 35.5. The smallest absolute Gasteiger partial charge is 0.341 e. The number of benzene rings is 2. The first kappa shape index (κ1) is 21.9. The Kier molecular flexibility index (Phi) is 5.80. The zero-order valence-corrected chi connectivity index (χ0v) is 19.0. The SMILES string of the molecule is O=C(O)COc1ccc(Cl)cc1[C@@H]1c2scnc2CCN1C(=O)[C@@H]1C[C@H]1c1cccc(F)c1. The Labute approximate surface area is 198 Å². The van der Waals surface area contributed by atoms with E-state index in [0.29, 0.717) is 35.7 Å². The van der Waals surface area contributed by atoms with E-state index in [1.807, 2.05) is 11.0 Å². The quantitative estimate of drug-likeness (QED) is 0.547. The van der Waals surface area contributed by atoms with E-state index in [0.717, 1.165) is 16.1 Å². The number of thiazole rings is 1. The lowest BCUT2D eigenvalue weighted by molar-refractivity contribution is -0.139. The van der Waals surface area contributed by atoms with Crippen LogP contribution in [0.25, 0.3) is 0 Å². The monoisotopic (exact) mass is 486 g/mol. The second-order valence-corrected chi connectivity index (χ2v) is 9.54. The Hall–Kier alpha value is -2.97. The predicted molar refractivity (Wildman–Crippen MR) is 121 cm³/mol. The number of rotatable bonds is 6. The molecule has 2 heterocycles. The van der Waals surface area contributed by atoms with Gasteiger partial charge >= 0.3 is 5.97 Å². The minimum absolute atomic E-state index is 0.0150. The van der Waals surface area contributed by atoms with Gasteiger partial charge in [0.25, 0.3) is 0 Å². The highest BCUT2D eigenvalue weighted by Crippen LogP contribution is 2.51. The van der Waals surface area contributed by atoms with Crippen LogP contribution in [0.4, 0.5) is 4.39 Å². The number of halogens is 2. The van der Waals surface area contributed by atoms with Crippen molar-refractivity contribution in [2.45, 2.75) is 24.8 Å². The van der Waals surface area contributed by atoms with E-state index in [-0.39, 0.29) is 23.6 Å². The van der Waals surface area contributed by atoms with Crippen LogP contribution in [-0.4, -0.2) is 40.0 Å². The van der Waals surface area contributed by atoms with Crippen LogP contribution in [0.1, 0.15) is 40.1 Å². The molecule has 1 N–H and O–H groups in total. The van der Waals surface area contributed by atoms with Gasteiger partial charge in [-0.1, -0.05) is 23.7 Å². The van der Waals surface area contributed by atoms with E-state index >= 15 is 0 Å². The molecule has 0 bridgehead atoms. The van der Waals surface area contributed by atoms with Crippen molar-refractivity contribution < 1.29 is 23.8 Å². The largest absolute Gasteiger partial charge is 0.482 e. The summed E-state index contributed by atoms with van der Waals surface area (Å²) in [5.74, 6) is -1.30. The van der Waals surface area contributed by atoms with Crippen molar-refractivity contribution in [2.24, 2.45) is 5.92 Å². The zero-order chi connectivity index (χ0) is 23.1. The molecule has 1 aromatic heterocycles. The average Bonchev–Trinajstić information content (AvgIpc) is 3.45. The summed E-state index contributed by atoms with van der Waals surface area (Å²) in [6.45, 7) is -0.0351. The number of fused-ring (bicyclic) bond motifs is 1. The Morgan fingerprint density at radius 1 is 1.27 bits per heavy atom. The summed E-state index contributed by atoms with van der Waals surface area (Å²) >= 11 is 7.75. The van der Waals surface area contributed by atoms with E-state index < -0.39 is 18.6 Å². The number of nitrogens with zero attached hydrogens (tertiary/aromatic N) is 2. The highest BCUT2D eigenvalue weighted by molar-refractivity contribution is 7.09. The molecule has 2 aliphatic rings. The molecule has 5 rings (SSSR count). The van der Waals surface area contributed by atoms with Crippen LogP contribution in [0.5, 0.6) is 5.75 Å². The molecule has 1 saturated carbocycles. The highest BCUT2D eigenvalue weighted by Gasteiger charge is 2.48. The fraction of sp³-hybridized carbons (Fsp3) is 0.292. The number of aromatic nitrogens is 1. The van der Waals surface area contributed by atoms with Crippen LogP contribution in [0.3, 0.4) is 0 Å². The standard InChI is InChI=1S/C24H20ClFN2O4S/c25-14-4-5-20(32-11-21(29)30)18(9-14)22-23-19(27-12-33-23)6-7-28(22)24(31)17-10-16(17)13-2-1-3-15(26)8-13/h1-5,8-9,12,16-17,22H,6-7,10-11H2,(H,29,30)/t16-,17+,22+/m0/s1. The predicted octanol–water partition coefficient (Wildman–Crippen LogP) is 4.68. The molecule has 0 saturated heterocycles. The maximum Gasteiger partial charge on any atom is 0.341 e. The first-order valence-corrected chi connectivity index (χ1v) is 11.8.